The predicted octanol–water partition coefficient (Wildman–Crippen LogP) is 1.67. The molecule has 0 saturated carbocycles. The van der Waals surface area contributed by atoms with E-state index >= 15 is 0 Å². The number of aliphatic hydroxyl groups is 1. The van der Waals surface area contributed by atoms with E-state index in [4.69, 9.17) is 14.6 Å². The summed E-state index contributed by atoms with van der Waals surface area (Å²) in [7, 11) is 2.98. The maximum Gasteiger partial charge on any atom is 0.161 e. The number of halogens is 1. The lowest BCUT2D eigenvalue weighted by Gasteiger charge is -2.11. The molecule has 1 aromatic carbocycles. The zero-order valence-corrected chi connectivity index (χ0v) is 8.21. The maximum absolute atomic E-state index is 12.5. The van der Waals surface area contributed by atoms with Crippen LogP contribution in [0, 0.1) is 0 Å². The van der Waals surface area contributed by atoms with Crippen molar-refractivity contribution in [1.82, 2.24) is 0 Å². The summed E-state index contributed by atoms with van der Waals surface area (Å²) in [6.07, 6.45) is 0. The Balaban J connectivity index is 3.20. The van der Waals surface area contributed by atoms with Crippen molar-refractivity contribution in [2.75, 3.05) is 14.2 Å². The van der Waals surface area contributed by atoms with E-state index in [0.717, 1.165) is 0 Å². The number of ether oxygens (including phenoxy) is 2. The molecule has 0 heterocycles. The van der Waals surface area contributed by atoms with E-state index in [1.165, 1.54) is 20.3 Å². The number of methoxy groups -OCH3 is 2. The van der Waals surface area contributed by atoms with Crippen molar-refractivity contribution in [2.24, 2.45) is 0 Å². The molecular formula is C10H13FO3. The molecule has 1 rings (SSSR count). The second-order valence-electron chi connectivity index (χ2n) is 2.77. The van der Waals surface area contributed by atoms with Crippen LogP contribution in [0.4, 0.5) is 4.39 Å². The molecule has 0 saturated heterocycles. The summed E-state index contributed by atoms with van der Waals surface area (Å²) in [4.78, 5) is 0. The molecule has 0 amide bonds. The second-order valence-corrected chi connectivity index (χ2v) is 2.77. The fourth-order valence-electron chi connectivity index (χ4n) is 1.23. The van der Waals surface area contributed by atoms with E-state index in [0.29, 0.717) is 22.6 Å². The zero-order chi connectivity index (χ0) is 10.6. The standard InChI is InChI=1S/C10H13FO3/c1-13-9-3-7(5-11)8(6-12)4-10(9)14-2/h3-4,12H,5-6H2,1-2H3. The van der Waals surface area contributed by atoms with Crippen LogP contribution in [0.15, 0.2) is 12.1 Å². The SMILES string of the molecule is COc1cc(CO)c(CF)cc1OC. The Morgan fingerprint density at radius 2 is 1.64 bits per heavy atom. The van der Waals surface area contributed by atoms with Gasteiger partial charge in [0.15, 0.2) is 11.5 Å². The number of hydrogen-bond donors (Lipinski definition) is 1. The van der Waals surface area contributed by atoms with E-state index in [9.17, 15) is 4.39 Å². The van der Waals surface area contributed by atoms with Crippen LogP contribution in [0.25, 0.3) is 0 Å². The summed E-state index contributed by atoms with van der Waals surface area (Å²) in [5.74, 6) is 0.964. The van der Waals surface area contributed by atoms with Gasteiger partial charge in [0.25, 0.3) is 0 Å². The minimum Gasteiger partial charge on any atom is -0.493 e. The van der Waals surface area contributed by atoms with Gasteiger partial charge < -0.3 is 14.6 Å². The quantitative estimate of drug-likeness (QED) is 0.803. The lowest BCUT2D eigenvalue weighted by atomic mass is 10.1. The average molecular weight is 200 g/mol. The number of hydrogen-bond acceptors (Lipinski definition) is 3. The van der Waals surface area contributed by atoms with Crippen molar-refractivity contribution in [3.05, 3.63) is 23.3 Å². The highest BCUT2D eigenvalue weighted by atomic mass is 19.1. The van der Waals surface area contributed by atoms with Gasteiger partial charge in [-0.3, -0.25) is 0 Å². The Kier molecular flexibility index (Phi) is 3.71. The Labute approximate surface area is 82.1 Å². The van der Waals surface area contributed by atoms with Crippen molar-refractivity contribution < 1.29 is 19.0 Å². The Morgan fingerprint density at radius 3 is 2.00 bits per heavy atom. The first-order chi connectivity index (χ1) is 6.76. The van der Waals surface area contributed by atoms with E-state index in [2.05, 4.69) is 0 Å². The first-order valence-corrected chi connectivity index (χ1v) is 4.17. The average Bonchev–Trinajstić information content (AvgIpc) is 2.26. The normalized spacial score (nSPS) is 10.0. The number of rotatable bonds is 4. The molecule has 4 heteroatoms. The van der Waals surface area contributed by atoms with Crippen molar-refractivity contribution >= 4 is 0 Å². The van der Waals surface area contributed by atoms with Crippen LogP contribution in [0.5, 0.6) is 11.5 Å². The molecule has 0 aliphatic rings. The summed E-state index contributed by atoms with van der Waals surface area (Å²) in [5, 5.41) is 8.97. The lowest BCUT2D eigenvalue weighted by Crippen LogP contribution is -1.97. The molecule has 78 valence electrons. The van der Waals surface area contributed by atoms with Crippen LogP contribution < -0.4 is 9.47 Å². The third-order valence-corrected chi connectivity index (χ3v) is 2.02. The minimum absolute atomic E-state index is 0.209. The van der Waals surface area contributed by atoms with E-state index in [1.807, 2.05) is 0 Å². The molecule has 0 spiro atoms. The molecular weight excluding hydrogens is 187 g/mol. The third kappa shape index (κ3) is 1.96. The number of benzene rings is 1. The van der Waals surface area contributed by atoms with Gasteiger partial charge in [-0.05, 0) is 23.3 Å². The molecule has 1 aromatic rings. The Bertz CT molecular complexity index is 254. The smallest absolute Gasteiger partial charge is 0.161 e. The van der Waals surface area contributed by atoms with Gasteiger partial charge in [0.1, 0.15) is 6.67 Å². The van der Waals surface area contributed by atoms with Crippen LogP contribution in [0.1, 0.15) is 11.1 Å². The Morgan fingerprint density at radius 1 is 1.14 bits per heavy atom. The van der Waals surface area contributed by atoms with Gasteiger partial charge in [-0.2, -0.15) is 0 Å². The van der Waals surface area contributed by atoms with Crippen LogP contribution in [0.3, 0.4) is 0 Å². The molecule has 14 heavy (non-hydrogen) atoms. The fraction of sp³-hybridized carbons (Fsp3) is 0.400. The molecule has 3 nitrogen and oxygen atoms in total. The lowest BCUT2D eigenvalue weighted by molar-refractivity contribution is 0.277. The largest absolute Gasteiger partial charge is 0.493 e. The van der Waals surface area contributed by atoms with Gasteiger partial charge in [-0.25, -0.2) is 4.39 Å². The van der Waals surface area contributed by atoms with Gasteiger partial charge in [0, 0.05) is 0 Å². The highest BCUT2D eigenvalue weighted by molar-refractivity contribution is 5.47. The predicted molar refractivity (Wildman–Crippen MR) is 50.3 cm³/mol. The van der Waals surface area contributed by atoms with Crippen LogP contribution in [-0.2, 0) is 13.3 Å². The molecule has 0 unspecified atom stereocenters. The van der Waals surface area contributed by atoms with Crippen molar-refractivity contribution in [3.63, 3.8) is 0 Å². The first kappa shape index (κ1) is 10.8. The van der Waals surface area contributed by atoms with E-state index in [-0.39, 0.29) is 6.61 Å². The molecule has 1 N–H and O–H groups in total. The highest BCUT2D eigenvalue weighted by Crippen LogP contribution is 2.30. The molecule has 0 atom stereocenters. The maximum atomic E-state index is 12.5. The zero-order valence-electron chi connectivity index (χ0n) is 8.21. The molecule has 0 aliphatic carbocycles. The van der Waals surface area contributed by atoms with Crippen molar-refractivity contribution in [1.29, 1.82) is 0 Å². The monoisotopic (exact) mass is 200 g/mol. The van der Waals surface area contributed by atoms with Gasteiger partial charge >= 0.3 is 0 Å². The minimum atomic E-state index is -0.629. The summed E-state index contributed by atoms with van der Waals surface area (Å²) >= 11 is 0. The summed E-state index contributed by atoms with van der Waals surface area (Å²) in [6.45, 7) is -0.837. The molecule has 0 aliphatic heterocycles. The molecule has 0 aromatic heterocycles. The van der Waals surface area contributed by atoms with Crippen LogP contribution >= 0.6 is 0 Å². The second kappa shape index (κ2) is 4.81. The first-order valence-electron chi connectivity index (χ1n) is 4.17. The number of alkyl halides is 1. The van der Waals surface area contributed by atoms with E-state index in [1.54, 1.807) is 6.07 Å². The summed E-state index contributed by atoms with van der Waals surface area (Å²) < 4.78 is 22.5. The highest BCUT2D eigenvalue weighted by Gasteiger charge is 2.09. The van der Waals surface area contributed by atoms with Gasteiger partial charge in [-0.1, -0.05) is 0 Å². The topological polar surface area (TPSA) is 38.7 Å². The van der Waals surface area contributed by atoms with Crippen molar-refractivity contribution in [3.8, 4) is 11.5 Å². The summed E-state index contributed by atoms with van der Waals surface area (Å²) in [5.41, 5.74) is 0.940. The molecule has 0 bridgehead atoms. The Hall–Kier alpha value is -1.29. The van der Waals surface area contributed by atoms with Crippen LogP contribution in [-0.4, -0.2) is 19.3 Å². The summed E-state index contributed by atoms with van der Waals surface area (Å²) in [6, 6.07) is 3.11. The number of aliphatic hydroxyl groups excluding tert-OH is 1. The molecule has 0 fully saturated rings. The van der Waals surface area contributed by atoms with Crippen LogP contribution in [0.2, 0.25) is 0 Å². The molecule has 0 radical (unpaired) electrons. The van der Waals surface area contributed by atoms with Gasteiger partial charge in [0.05, 0.1) is 20.8 Å². The van der Waals surface area contributed by atoms with E-state index < -0.39 is 6.67 Å². The van der Waals surface area contributed by atoms with Gasteiger partial charge in [-0.15, -0.1) is 0 Å². The van der Waals surface area contributed by atoms with Crippen molar-refractivity contribution in [2.45, 2.75) is 13.3 Å². The fourth-order valence-corrected chi connectivity index (χ4v) is 1.23. The third-order valence-electron chi connectivity index (χ3n) is 2.02. The van der Waals surface area contributed by atoms with Gasteiger partial charge in [0.2, 0.25) is 0 Å².